The van der Waals surface area contributed by atoms with Crippen molar-refractivity contribution >= 4 is 5.97 Å². The molecule has 4 aromatic carbocycles. The highest BCUT2D eigenvalue weighted by Crippen LogP contribution is 2.45. The summed E-state index contributed by atoms with van der Waals surface area (Å²) in [6.07, 6.45) is -0.672. The summed E-state index contributed by atoms with van der Waals surface area (Å²) in [5.41, 5.74) is 3.31. The van der Waals surface area contributed by atoms with E-state index in [4.69, 9.17) is 9.47 Å². The molecule has 0 aromatic heterocycles. The maximum Gasteiger partial charge on any atom is 0.338 e. The van der Waals surface area contributed by atoms with E-state index in [9.17, 15) is 15.0 Å². The van der Waals surface area contributed by atoms with Crippen LogP contribution in [-0.4, -0.2) is 16.2 Å². The number of benzene rings is 4. The van der Waals surface area contributed by atoms with E-state index in [2.05, 4.69) is 6.58 Å². The molecule has 0 saturated heterocycles. The maximum absolute atomic E-state index is 12.4. The van der Waals surface area contributed by atoms with Crippen molar-refractivity contribution in [3.05, 3.63) is 109 Å². The highest BCUT2D eigenvalue weighted by Gasteiger charge is 2.25. The summed E-state index contributed by atoms with van der Waals surface area (Å²) in [6.45, 7) is 7.04. The summed E-state index contributed by atoms with van der Waals surface area (Å²) in [6, 6.07) is 26.8. The lowest BCUT2D eigenvalue weighted by molar-refractivity contribution is -0.130. The summed E-state index contributed by atoms with van der Waals surface area (Å²) in [5, 5.41) is 21.5. The Kier molecular flexibility index (Phi) is 6.88. The fraction of sp³-hybridized carbons (Fsp3) is 0.100. The molecule has 2 N–H and O–H groups in total. The Morgan fingerprint density at radius 2 is 1.31 bits per heavy atom. The number of aromatic hydroxyl groups is 2. The lowest BCUT2D eigenvalue weighted by atomic mass is 9.94. The van der Waals surface area contributed by atoms with Crippen molar-refractivity contribution in [3.8, 4) is 45.3 Å². The molecule has 0 aliphatic rings. The van der Waals surface area contributed by atoms with Crippen molar-refractivity contribution in [2.24, 2.45) is 0 Å². The molecule has 5 nitrogen and oxygen atoms in total. The number of hydrogen-bond donors (Lipinski definition) is 2. The van der Waals surface area contributed by atoms with Gasteiger partial charge in [0.2, 0.25) is 0 Å². The third-order valence-corrected chi connectivity index (χ3v) is 5.57. The zero-order chi connectivity index (χ0) is 24.9. The van der Waals surface area contributed by atoms with Gasteiger partial charge in [-0.1, -0.05) is 73.3 Å². The van der Waals surface area contributed by atoms with Gasteiger partial charge in [0.15, 0.2) is 0 Å². The van der Waals surface area contributed by atoms with E-state index in [1.54, 1.807) is 38.1 Å². The fourth-order valence-electron chi connectivity index (χ4n) is 3.94. The second-order valence-electron chi connectivity index (χ2n) is 8.18. The van der Waals surface area contributed by atoms with Crippen LogP contribution >= 0.6 is 0 Å². The minimum atomic E-state index is -0.672. The third-order valence-electron chi connectivity index (χ3n) is 5.57. The number of carbonyl (C=O) groups is 1. The fourth-order valence-corrected chi connectivity index (χ4v) is 3.94. The van der Waals surface area contributed by atoms with Crippen molar-refractivity contribution in [2.45, 2.75) is 20.0 Å². The molecule has 0 fully saturated rings. The Bertz CT molecular complexity index is 1360. The molecule has 0 heterocycles. The smallest absolute Gasteiger partial charge is 0.338 e. The molecule has 0 radical (unpaired) electrons. The van der Waals surface area contributed by atoms with E-state index >= 15 is 0 Å². The van der Waals surface area contributed by atoms with Crippen molar-refractivity contribution in [1.29, 1.82) is 0 Å². The van der Waals surface area contributed by atoms with Gasteiger partial charge in [0.25, 0.3) is 0 Å². The first-order valence-corrected chi connectivity index (χ1v) is 11.2. The molecule has 4 rings (SSSR count). The molecule has 176 valence electrons. The van der Waals surface area contributed by atoms with E-state index in [0.29, 0.717) is 22.4 Å². The number of esters is 1. The van der Waals surface area contributed by atoms with Crippen LogP contribution in [0.1, 0.15) is 25.5 Å². The molecule has 4 aromatic rings. The summed E-state index contributed by atoms with van der Waals surface area (Å²) < 4.78 is 12.0. The quantitative estimate of drug-likeness (QED) is 0.173. The largest absolute Gasteiger partial charge is 0.507 e. The van der Waals surface area contributed by atoms with Crippen LogP contribution in [0.3, 0.4) is 0 Å². The van der Waals surface area contributed by atoms with Crippen LogP contribution in [0.25, 0.3) is 22.3 Å². The van der Waals surface area contributed by atoms with Crippen LogP contribution in [0.2, 0.25) is 0 Å². The lowest BCUT2D eigenvalue weighted by Crippen LogP contribution is -2.13. The number of carbonyl (C=O) groups excluding carboxylic acids is 1. The van der Waals surface area contributed by atoms with E-state index in [-0.39, 0.29) is 22.8 Å². The van der Waals surface area contributed by atoms with Crippen LogP contribution in [0, 0.1) is 0 Å². The van der Waals surface area contributed by atoms with Crippen molar-refractivity contribution < 1.29 is 24.5 Å². The van der Waals surface area contributed by atoms with Gasteiger partial charge in [-0.2, -0.15) is 0 Å². The average molecular weight is 467 g/mol. The Morgan fingerprint density at radius 3 is 1.91 bits per heavy atom. The first kappa shape index (κ1) is 23.6. The molecule has 1 unspecified atom stereocenters. The third kappa shape index (κ3) is 5.04. The molecule has 5 heteroatoms. The molecular formula is C30H26O5. The van der Waals surface area contributed by atoms with E-state index in [0.717, 1.165) is 11.1 Å². The van der Waals surface area contributed by atoms with Gasteiger partial charge in [0, 0.05) is 16.7 Å². The van der Waals surface area contributed by atoms with Crippen LogP contribution < -0.4 is 9.47 Å². The molecule has 0 bridgehead atoms. The van der Waals surface area contributed by atoms with Gasteiger partial charge < -0.3 is 19.7 Å². The predicted octanol–water partition coefficient (Wildman–Crippen LogP) is 7.05. The monoisotopic (exact) mass is 466 g/mol. The van der Waals surface area contributed by atoms with Gasteiger partial charge >= 0.3 is 5.97 Å². The van der Waals surface area contributed by atoms with Crippen LogP contribution in [0.4, 0.5) is 0 Å². The molecule has 0 saturated carbocycles. The normalized spacial score (nSPS) is 11.5. The van der Waals surface area contributed by atoms with Gasteiger partial charge in [-0.3, -0.25) is 0 Å². The summed E-state index contributed by atoms with van der Waals surface area (Å²) in [5.74, 6) is 0.224. The average Bonchev–Trinajstić information content (AvgIpc) is 2.86. The maximum atomic E-state index is 12.4. The zero-order valence-corrected chi connectivity index (χ0v) is 19.6. The van der Waals surface area contributed by atoms with Crippen LogP contribution in [-0.2, 0) is 4.79 Å². The standard InChI is InChI=1S/C30H26O5/c1-19(2)30(33)35-26-18-17-24(32)29(22-13-8-5-9-14-22)27(26)20(3)34-25-16-10-15-23(31)28(25)21-11-6-4-7-12-21/h4-18,20,31-32H,1H2,2-3H3. The summed E-state index contributed by atoms with van der Waals surface area (Å²) >= 11 is 0. The van der Waals surface area contributed by atoms with Gasteiger partial charge in [0.05, 0.1) is 5.56 Å². The first-order valence-electron chi connectivity index (χ1n) is 11.2. The van der Waals surface area contributed by atoms with Crippen LogP contribution in [0.15, 0.2) is 103 Å². The van der Waals surface area contributed by atoms with Gasteiger partial charge in [-0.15, -0.1) is 0 Å². The number of ether oxygens (including phenoxy) is 2. The van der Waals surface area contributed by atoms with E-state index in [1.807, 2.05) is 60.7 Å². The molecule has 0 aliphatic carbocycles. The predicted molar refractivity (Wildman–Crippen MR) is 137 cm³/mol. The first-order chi connectivity index (χ1) is 16.9. The second kappa shape index (κ2) is 10.2. The Hall–Kier alpha value is -4.51. The van der Waals surface area contributed by atoms with E-state index < -0.39 is 12.1 Å². The molecule has 0 amide bonds. The summed E-state index contributed by atoms with van der Waals surface area (Å²) in [7, 11) is 0. The molecule has 1 atom stereocenters. The number of phenols is 2. The molecule has 0 spiro atoms. The minimum absolute atomic E-state index is 0.0240. The highest BCUT2D eigenvalue weighted by molar-refractivity contribution is 5.90. The summed E-state index contributed by atoms with van der Waals surface area (Å²) in [4.78, 5) is 12.4. The number of phenolic OH excluding ortho intramolecular Hbond substituents is 2. The Balaban J connectivity index is 1.85. The topological polar surface area (TPSA) is 76.0 Å². The Morgan fingerprint density at radius 1 is 0.743 bits per heavy atom. The molecule has 0 aliphatic heterocycles. The lowest BCUT2D eigenvalue weighted by Gasteiger charge is -2.24. The molecule has 35 heavy (non-hydrogen) atoms. The van der Waals surface area contributed by atoms with Gasteiger partial charge in [-0.05, 0) is 49.2 Å². The SMILES string of the molecule is C=C(C)C(=O)Oc1ccc(O)c(-c2ccccc2)c1C(C)Oc1cccc(O)c1-c1ccccc1. The number of hydrogen-bond acceptors (Lipinski definition) is 5. The zero-order valence-electron chi connectivity index (χ0n) is 19.6. The minimum Gasteiger partial charge on any atom is -0.507 e. The molecular weight excluding hydrogens is 440 g/mol. The van der Waals surface area contributed by atoms with Crippen molar-refractivity contribution in [3.63, 3.8) is 0 Å². The van der Waals surface area contributed by atoms with Crippen molar-refractivity contribution in [1.82, 2.24) is 0 Å². The number of rotatable bonds is 7. The van der Waals surface area contributed by atoms with Gasteiger partial charge in [-0.25, -0.2) is 4.79 Å². The highest BCUT2D eigenvalue weighted by atomic mass is 16.5. The second-order valence-corrected chi connectivity index (χ2v) is 8.18. The Labute approximate surface area is 204 Å². The van der Waals surface area contributed by atoms with Gasteiger partial charge in [0.1, 0.15) is 29.1 Å². The van der Waals surface area contributed by atoms with E-state index in [1.165, 1.54) is 6.07 Å². The van der Waals surface area contributed by atoms with Crippen molar-refractivity contribution in [2.75, 3.05) is 0 Å². The van der Waals surface area contributed by atoms with Crippen LogP contribution in [0.5, 0.6) is 23.0 Å².